The van der Waals surface area contributed by atoms with Gasteiger partial charge in [-0.05, 0) is 48.4 Å². The Morgan fingerprint density at radius 2 is 1.87 bits per heavy atom. The normalized spacial score (nSPS) is 13.0. The number of rotatable bonds is 7. The second-order valence-electron chi connectivity index (χ2n) is 6.97. The van der Waals surface area contributed by atoms with Crippen LogP contribution in [0.15, 0.2) is 42.5 Å². The number of amides is 2. The number of ether oxygens (including phenoxy) is 2. The van der Waals surface area contributed by atoms with Crippen molar-refractivity contribution in [3.8, 4) is 11.5 Å². The number of nitrogens with zero attached hydrogens (tertiary/aromatic N) is 1. The SMILES string of the molecule is CCN(CC(=O)NCc1ccc(Cl)cc1)C(=O)/C=C/c1cc(Cl)c2c(c1)OCCCO2. The minimum Gasteiger partial charge on any atom is -0.489 e. The third-order valence-corrected chi connectivity index (χ3v) is 5.21. The smallest absolute Gasteiger partial charge is 0.247 e. The molecule has 0 saturated carbocycles. The highest BCUT2D eigenvalue weighted by molar-refractivity contribution is 6.32. The molecule has 0 aliphatic carbocycles. The highest BCUT2D eigenvalue weighted by Crippen LogP contribution is 2.38. The molecule has 2 amide bonds. The zero-order chi connectivity index (χ0) is 22.2. The predicted molar refractivity (Wildman–Crippen MR) is 122 cm³/mol. The molecule has 164 valence electrons. The van der Waals surface area contributed by atoms with Crippen molar-refractivity contribution in [1.82, 2.24) is 10.2 Å². The molecular weight excluding hydrogens is 439 g/mol. The van der Waals surface area contributed by atoms with Crippen LogP contribution in [-0.2, 0) is 16.1 Å². The topological polar surface area (TPSA) is 67.9 Å². The van der Waals surface area contributed by atoms with E-state index in [0.29, 0.717) is 53.4 Å². The van der Waals surface area contributed by atoms with Gasteiger partial charge in [-0.15, -0.1) is 0 Å². The number of carbonyl (C=O) groups is 2. The molecule has 0 radical (unpaired) electrons. The van der Waals surface area contributed by atoms with E-state index in [9.17, 15) is 9.59 Å². The Kier molecular flexibility index (Phi) is 8.20. The molecule has 0 bridgehead atoms. The number of nitrogens with one attached hydrogen (secondary N) is 1. The first-order valence-corrected chi connectivity index (χ1v) is 10.8. The Morgan fingerprint density at radius 1 is 1.13 bits per heavy atom. The summed E-state index contributed by atoms with van der Waals surface area (Å²) in [4.78, 5) is 26.3. The minimum atomic E-state index is -0.271. The lowest BCUT2D eigenvalue weighted by atomic mass is 10.2. The van der Waals surface area contributed by atoms with E-state index in [2.05, 4.69) is 5.32 Å². The second kappa shape index (κ2) is 11.1. The monoisotopic (exact) mass is 462 g/mol. The van der Waals surface area contributed by atoms with E-state index >= 15 is 0 Å². The van der Waals surface area contributed by atoms with Crippen LogP contribution in [0.5, 0.6) is 11.5 Å². The molecule has 0 aromatic heterocycles. The number of fused-ring (bicyclic) bond motifs is 1. The zero-order valence-electron chi connectivity index (χ0n) is 17.2. The largest absolute Gasteiger partial charge is 0.489 e. The van der Waals surface area contributed by atoms with Gasteiger partial charge >= 0.3 is 0 Å². The van der Waals surface area contributed by atoms with Gasteiger partial charge in [0.25, 0.3) is 0 Å². The van der Waals surface area contributed by atoms with Crippen LogP contribution < -0.4 is 14.8 Å². The van der Waals surface area contributed by atoms with E-state index in [4.69, 9.17) is 32.7 Å². The Balaban J connectivity index is 1.58. The number of benzene rings is 2. The Morgan fingerprint density at radius 3 is 2.61 bits per heavy atom. The quantitative estimate of drug-likeness (QED) is 0.621. The van der Waals surface area contributed by atoms with Crippen LogP contribution in [-0.4, -0.2) is 43.0 Å². The van der Waals surface area contributed by atoms with Crippen molar-refractivity contribution in [1.29, 1.82) is 0 Å². The highest BCUT2D eigenvalue weighted by atomic mass is 35.5. The van der Waals surface area contributed by atoms with Crippen molar-refractivity contribution in [3.05, 3.63) is 63.6 Å². The minimum absolute atomic E-state index is 0.0326. The van der Waals surface area contributed by atoms with Gasteiger partial charge in [-0.1, -0.05) is 35.3 Å². The van der Waals surface area contributed by atoms with Crippen LogP contribution in [0, 0.1) is 0 Å². The molecule has 0 spiro atoms. The molecule has 0 fully saturated rings. The summed E-state index contributed by atoms with van der Waals surface area (Å²) < 4.78 is 11.3. The number of likely N-dealkylation sites (N-methyl/N-ethyl adjacent to an activating group) is 1. The van der Waals surface area contributed by atoms with E-state index in [1.807, 2.05) is 19.1 Å². The highest BCUT2D eigenvalue weighted by Gasteiger charge is 2.16. The van der Waals surface area contributed by atoms with Gasteiger partial charge in [0.1, 0.15) is 0 Å². The van der Waals surface area contributed by atoms with Gasteiger partial charge in [0.15, 0.2) is 11.5 Å². The van der Waals surface area contributed by atoms with Crippen molar-refractivity contribution in [2.75, 3.05) is 26.3 Å². The molecule has 1 aliphatic rings. The standard InChI is InChI=1S/C23H24Cl2N2O4/c1-2-27(15-21(28)26-14-16-4-7-18(24)8-5-16)22(29)9-6-17-12-19(25)23-20(13-17)30-10-3-11-31-23/h4-9,12-13H,2-3,10-11,14-15H2,1H3,(H,26,28)/b9-6+. The van der Waals surface area contributed by atoms with E-state index in [-0.39, 0.29) is 18.4 Å². The first kappa shape index (κ1) is 23.0. The number of hydrogen-bond acceptors (Lipinski definition) is 4. The van der Waals surface area contributed by atoms with E-state index in [1.54, 1.807) is 30.3 Å². The van der Waals surface area contributed by atoms with Gasteiger partial charge in [-0.2, -0.15) is 0 Å². The summed E-state index contributed by atoms with van der Waals surface area (Å²) in [6.07, 6.45) is 3.85. The Labute approximate surface area is 191 Å². The summed E-state index contributed by atoms with van der Waals surface area (Å²) in [7, 11) is 0. The van der Waals surface area contributed by atoms with Gasteiger partial charge in [-0.25, -0.2) is 0 Å². The molecular formula is C23H24Cl2N2O4. The molecule has 6 nitrogen and oxygen atoms in total. The maximum Gasteiger partial charge on any atom is 0.247 e. The second-order valence-corrected chi connectivity index (χ2v) is 7.81. The van der Waals surface area contributed by atoms with Crippen molar-refractivity contribution >= 4 is 41.1 Å². The van der Waals surface area contributed by atoms with Crippen LogP contribution in [0.3, 0.4) is 0 Å². The molecule has 2 aromatic carbocycles. The summed E-state index contributed by atoms with van der Waals surface area (Å²) in [5.41, 5.74) is 1.64. The molecule has 0 atom stereocenters. The molecule has 1 heterocycles. The molecule has 0 unspecified atom stereocenters. The average molecular weight is 463 g/mol. The summed E-state index contributed by atoms with van der Waals surface area (Å²) >= 11 is 12.2. The Bertz CT molecular complexity index is 961. The van der Waals surface area contributed by atoms with Gasteiger partial charge < -0.3 is 19.7 Å². The van der Waals surface area contributed by atoms with Crippen molar-refractivity contribution in [2.45, 2.75) is 19.9 Å². The lowest BCUT2D eigenvalue weighted by molar-refractivity contribution is -0.132. The summed E-state index contributed by atoms with van der Waals surface area (Å²) in [5, 5.41) is 3.88. The van der Waals surface area contributed by atoms with Crippen LogP contribution in [0.2, 0.25) is 10.0 Å². The van der Waals surface area contributed by atoms with Gasteiger partial charge in [0.2, 0.25) is 11.8 Å². The molecule has 8 heteroatoms. The lowest BCUT2D eigenvalue weighted by Crippen LogP contribution is -2.39. The summed E-state index contributed by atoms with van der Waals surface area (Å²) in [6.45, 7) is 3.65. The summed E-state index contributed by atoms with van der Waals surface area (Å²) in [6, 6.07) is 10.7. The molecule has 3 rings (SSSR count). The fraction of sp³-hybridized carbons (Fsp3) is 0.304. The van der Waals surface area contributed by atoms with Crippen LogP contribution in [0.1, 0.15) is 24.5 Å². The third-order valence-electron chi connectivity index (χ3n) is 4.67. The third kappa shape index (κ3) is 6.64. The predicted octanol–water partition coefficient (Wildman–Crippen LogP) is 4.33. The number of halogens is 2. The zero-order valence-corrected chi connectivity index (χ0v) is 18.7. The van der Waals surface area contributed by atoms with E-state index in [1.165, 1.54) is 11.0 Å². The molecule has 31 heavy (non-hydrogen) atoms. The Hall–Kier alpha value is -2.70. The number of carbonyl (C=O) groups excluding carboxylic acids is 2. The van der Waals surface area contributed by atoms with Crippen molar-refractivity contribution in [3.63, 3.8) is 0 Å². The average Bonchev–Trinajstić information content (AvgIpc) is 3.01. The van der Waals surface area contributed by atoms with Crippen LogP contribution in [0.4, 0.5) is 0 Å². The maximum absolute atomic E-state index is 12.6. The van der Waals surface area contributed by atoms with Gasteiger partial charge in [-0.3, -0.25) is 9.59 Å². The van der Waals surface area contributed by atoms with Crippen molar-refractivity contribution < 1.29 is 19.1 Å². The molecule has 1 N–H and O–H groups in total. The lowest BCUT2D eigenvalue weighted by Gasteiger charge is -2.18. The van der Waals surface area contributed by atoms with Gasteiger partial charge in [0.05, 0.1) is 24.8 Å². The van der Waals surface area contributed by atoms with Gasteiger partial charge in [0, 0.05) is 30.6 Å². The first-order chi connectivity index (χ1) is 15.0. The molecule has 2 aromatic rings. The maximum atomic E-state index is 12.6. The van der Waals surface area contributed by atoms with Crippen LogP contribution >= 0.6 is 23.2 Å². The fourth-order valence-corrected chi connectivity index (χ4v) is 3.40. The van der Waals surface area contributed by atoms with Crippen molar-refractivity contribution in [2.24, 2.45) is 0 Å². The van der Waals surface area contributed by atoms with E-state index in [0.717, 1.165) is 12.0 Å². The first-order valence-electron chi connectivity index (χ1n) is 10.0. The van der Waals surface area contributed by atoms with E-state index < -0.39 is 0 Å². The summed E-state index contributed by atoms with van der Waals surface area (Å²) in [5.74, 6) is 0.575. The van der Waals surface area contributed by atoms with Crippen LogP contribution in [0.25, 0.3) is 6.08 Å². The fourth-order valence-electron chi connectivity index (χ4n) is 3.00. The molecule has 0 saturated heterocycles. The number of hydrogen-bond donors (Lipinski definition) is 1. The molecule has 1 aliphatic heterocycles.